The summed E-state index contributed by atoms with van der Waals surface area (Å²) >= 11 is 0. The minimum Gasteiger partial charge on any atom is -0.310 e. The van der Waals surface area contributed by atoms with E-state index < -0.39 is 0 Å². The van der Waals surface area contributed by atoms with E-state index in [0.717, 1.165) is 46.0 Å². The molecule has 0 radical (unpaired) electrons. The number of benzene rings is 5. The highest BCUT2D eigenvalue weighted by Gasteiger charge is 2.17. The molecule has 11 rings (SSSR count). The highest BCUT2D eigenvalue weighted by atomic mass is 15.0. The van der Waals surface area contributed by atoms with Gasteiger partial charge in [-0.2, -0.15) is 0 Å². The maximum absolute atomic E-state index is 3.24. The number of nitrogens with zero attached hydrogens (tertiary/aromatic N) is 3. The van der Waals surface area contributed by atoms with E-state index in [0.29, 0.717) is 0 Å². The fraction of sp³-hybridized carbons (Fsp3) is 0.0182. The Balaban J connectivity index is 0.976. The van der Waals surface area contributed by atoms with E-state index in [1.807, 2.05) is 24.3 Å². The maximum atomic E-state index is 3.24. The van der Waals surface area contributed by atoms with Crippen molar-refractivity contribution in [2.45, 2.75) is 6.42 Å². The van der Waals surface area contributed by atoms with E-state index in [9.17, 15) is 0 Å². The average Bonchev–Trinajstić information content (AvgIpc) is 3.63. The first-order valence-electron chi connectivity index (χ1n) is 19.8. The number of allylic oxidation sites excluding steroid dienone is 12. The Kier molecular flexibility index (Phi) is 8.12. The zero-order valence-corrected chi connectivity index (χ0v) is 31.8. The lowest BCUT2D eigenvalue weighted by atomic mass is 10.0. The van der Waals surface area contributed by atoms with Crippen LogP contribution in [0.4, 0.5) is 0 Å². The molecule has 3 heterocycles. The van der Waals surface area contributed by atoms with Crippen LogP contribution in [-0.2, 0) is 0 Å². The summed E-state index contributed by atoms with van der Waals surface area (Å²) in [6.45, 7) is 0. The molecule has 58 heavy (non-hydrogen) atoms. The first-order chi connectivity index (χ1) is 28.8. The Morgan fingerprint density at radius 1 is 0.431 bits per heavy atom. The first kappa shape index (κ1) is 33.5. The molecule has 3 aromatic heterocycles. The van der Waals surface area contributed by atoms with Crippen LogP contribution in [0.5, 0.6) is 0 Å². The van der Waals surface area contributed by atoms with Gasteiger partial charge in [0.15, 0.2) is 0 Å². The molecule has 272 valence electrons. The van der Waals surface area contributed by atoms with E-state index in [1.165, 1.54) is 54.4 Å². The minimum atomic E-state index is 0.839. The van der Waals surface area contributed by atoms with Crippen molar-refractivity contribution in [3.63, 3.8) is 0 Å². The SMILES string of the molecule is C1=CC=CC(n2c(-c3ccc(C4=CCC=c5c(c6ccccc6n5C5=CC=C=CC=C5)=C4)cc3)ccc2-c2ccc(-n3c4ccccc4c4ccccc43)cc2)=CC=1. The first-order valence-corrected chi connectivity index (χ1v) is 19.8. The van der Waals surface area contributed by atoms with Crippen LogP contribution in [0.15, 0.2) is 212 Å². The van der Waals surface area contributed by atoms with Crippen molar-refractivity contribution in [1.82, 2.24) is 13.7 Å². The van der Waals surface area contributed by atoms with Crippen molar-refractivity contribution in [3.8, 4) is 28.2 Å². The van der Waals surface area contributed by atoms with Crippen molar-refractivity contribution in [2.75, 3.05) is 0 Å². The summed E-state index contributed by atoms with van der Waals surface area (Å²) in [5.74, 6) is 0. The topological polar surface area (TPSA) is 14.8 Å². The smallest absolute Gasteiger partial charge is 0.0541 e. The van der Waals surface area contributed by atoms with E-state index in [1.54, 1.807) is 0 Å². The Bertz CT molecular complexity index is 3350. The van der Waals surface area contributed by atoms with Crippen molar-refractivity contribution >= 4 is 61.8 Å². The number of rotatable bonds is 6. The van der Waals surface area contributed by atoms with Crippen LogP contribution in [0.2, 0.25) is 0 Å². The van der Waals surface area contributed by atoms with Crippen LogP contribution >= 0.6 is 0 Å². The summed E-state index contributed by atoms with van der Waals surface area (Å²) in [6.07, 6.45) is 28.5. The van der Waals surface area contributed by atoms with Gasteiger partial charge in [-0.15, -0.1) is 11.5 Å². The molecule has 0 N–H and O–H groups in total. The molecular weight excluding hydrogens is 703 g/mol. The number of hydrogen-bond donors (Lipinski definition) is 0. The standard InChI is InChI=1S/C55H37N3/c1-2-6-18-43(17-5-1)56-50(36-37-51(56)41-32-34-45(35-33-41)58-52-24-12-9-21-46(52)47-22-10-13-25-53(47)58)40-30-28-39(29-31-40)42-16-15-27-55-49(38-42)48-23-11-14-26-54(48)57(55)44-19-7-3-4-8-20-44/h1,3,5-14,16-38H,15H2. The molecule has 0 spiro atoms. The molecule has 0 bridgehead atoms. The molecule has 3 aliphatic carbocycles. The summed E-state index contributed by atoms with van der Waals surface area (Å²) in [5, 5.41) is 6.24. The fourth-order valence-electron chi connectivity index (χ4n) is 8.80. The van der Waals surface area contributed by atoms with Crippen LogP contribution in [0, 0.1) is 0 Å². The number of aromatic nitrogens is 3. The van der Waals surface area contributed by atoms with Gasteiger partial charge in [0.1, 0.15) is 0 Å². The van der Waals surface area contributed by atoms with Gasteiger partial charge in [-0.1, -0.05) is 115 Å². The lowest BCUT2D eigenvalue weighted by Crippen LogP contribution is -2.28. The summed E-state index contributed by atoms with van der Waals surface area (Å²) in [7, 11) is 0. The van der Waals surface area contributed by atoms with Gasteiger partial charge in [-0.25, -0.2) is 0 Å². The molecule has 0 atom stereocenters. The molecule has 0 unspecified atom stereocenters. The zero-order valence-electron chi connectivity index (χ0n) is 31.8. The van der Waals surface area contributed by atoms with Crippen LogP contribution in [-0.4, -0.2) is 13.7 Å². The van der Waals surface area contributed by atoms with Gasteiger partial charge in [0.2, 0.25) is 0 Å². The van der Waals surface area contributed by atoms with Crippen LogP contribution in [0.25, 0.3) is 90.0 Å². The predicted molar refractivity (Wildman–Crippen MR) is 244 cm³/mol. The van der Waals surface area contributed by atoms with Gasteiger partial charge < -0.3 is 13.7 Å². The molecule has 0 saturated carbocycles. The normalized spacial score (nSPS) is 14.4. The van der Waals surface area contributed by atoms with Gasteiger partial charge in [0.25, 0.3) is 0 Å². The quantitative estimate of drug-likeness (QED) is 0.151. The van der Waals surface area contributed by atoms with Crippen molar-refractivity contribution in [3.05, 3.63) is 228 Å². The van der Waals surface area contributed by atoms with Gasteiger partial charge >= 0.3 is 0 Å². The molecule has 0 amide bonds. The van der Waals surface area contributed by atoms with Crippen LogP contribution in [0.1, 0.15) is 12.0 Å². The van der Waals surface area contributed by atoms with E-state index >= 15 is 0 Å². The lowest BCUT2D eigenvalue weighted by Gasteiger charge is -2.16. The molecule has 3 aliphatic rings. The van der Waals surface area contributed by atoms with Crippen molar-refractivity contribution in [2.24, 2.45) is 0 Å². The van der Waals surface area contributed by atoms with Gasteiger partial charge in [-0.3, -0.25) is 0 Å². The predicted octanol–water partition coefficient (Wildman–Crippen LogP) is 12.2. The monoisotopic (exact) mass is 739 g/mol. The number of fused-ring (bicyclic) bond motifs is 6. The molecule has 0 fully saturated rings. The summed E-state index contributed by atoms with van der Waals surface area (Å²) in [4.78, 5) is 0. The molecule has 3 heteroatoms. The Hall–Kier alpha value is -7.80. The zero-order chi connectivity index (χ0) is 38.4. The minimum absolute atomic E-state index is 0.839. The largest absolute Gasteiger partial charge is 0.310 e. The molecular formula is C55H37N3. The Labute approximate surface area is 336 Å². The molecule has 3 nitrogen and oxygen atoms in total. The summed E-state index contributed by atoms with van der Waals surface area (Å²) in [6, 6.07) is 48.6. The molecule has 5 aromatic carbocycles. The average molecular weight is 740 g/mol. The third kappa shape index (κ3) is 5.62. The molecule has 0 aliphatic heterocycles. The van der Waals surface area contributed by atoms with Gasteiger partial charge in [0.05, 0.1) is 33.3 Å². The van der Waals surface area contributed by atoms with Crippen molar-refractivity contribution in [1.29, 1.82) is 0 Å². The Morgan fingerprint density at radius 2 is 0.948 bits per heavy atom. The third-order valence-electron chi connectivity index (χ3n) is 11.4. The van der Waals surface area contributed by atoms with Gasteiger partial charge in [0, 0.05) is 38.5 Å². The second kappa shape index (κ2) is 14.0. The van der Waals surface area contributed by atoms with E-state index in [4.69, 9.17) is 0 Å². The Morgan fingerprint density at radius 3 is 1.57 bits per heavy atom. The molecule has 0 saturated heterocycles. The fourth-order valence-corrected chi connectivity index (χ4v) is 8.80. The number of para-hydroxylation sites is 3. The van der Waals surface area contributed by atoms with Gasteiger partial charge in [-0.05, 0) is 126 Å². The second-order valence-electron chi connectivity index (χ2n) is 14.7. The van der Waals surface area contributed by atoms with Crippen LogP contribution in [0.3, 0.4) is 0 Å². The maximum Gasteiger partial charge on any atom is 0.0541 e. The number of hydrogen-bond acceptors (Lipinski definition) is 0. The summed E-state index contributed by atoms with van der Waals surface area (Å²) < 4.78 is 7.11. The van der Waals surface area contributed by atoms with Crippen molar-refractivity contribution < 1.29 is 0 Å². The highest BCUT2D eigenvalue weighted by molar-refractivity contribution is 6.09. The third-order valence-corrected chi connectivity index (χ3v) is 11.4. The van der Waals surface area contributed by atoms with E-state index in [2.05, 4.69) is 213 Å². The lowest BCUT2D eigenvalue weighted by molar-refractivity contribution is 1.11. The molecule has 8 aromatic rings. The highest BCUT2D eigenvalue weighted by Crippen LogP contribution is 2.36. The second-order valence-corrected chi connectivity index (χ2v) is 14.7. The van der Waals surface area contributed by atoms with Crippen LogP contribution < -0.4 is 10.6 Å². The van der Waals surface area contributed by atoms with E-state index in [-0.39, 0.29) is 0 Å². The summed E-state index contributed by atoms with van der Waals surface area (Å²) in [5.41, 5.74) is 20.4.